The van der Waals surface area contributed by atoms with Crippen LogP contribution in [0.2, 0.25) is 10.0 Å². The number of hydrogen-bond acceptors (Lipinski definition) is 5. The van der Waals surface area contributed by atoms with Crippen LogP contribution in [-0.4, -0.2) is 19.6 Å². The van der Waals surface area contributed by atoms with Crippen LogP contribution in [0.25, 0.3) is 28.1 Å². The molecule has 0 spiro atoms. The molecule has 0 unspecified atom stereocenters. The zero-order valence-corrected chi connectivity index (χ0v) is 11.9. The minimum atomic E-state index is 0.209. The van der Waals surface area contributed by atoms with E-state index in [1.807, 2.05) is 0 Å². The van der Waals surface area contributed by atoms with Crippen LogP contribution in [0.3, 0.4) is 0 Å². The molecular weight excluding hydrogens is 313 g/mol. The van der Waals surface area contributed by atoms with E-state index in [4.69, 9.17) is 33.4 Å². The molecule has 0 bridgehead atoms. The summed E-state index contributed by atoms with van der Waals surface area (Å²) in [7, 11) is 0. The summed E-state index contributed by atoms with van der Waals surface area (Å²) in [5, 5.41) is 5.68. The summed E-state index contributed by atoms with van der Waals surface area (Å²) in [6.07, 6.45) is 1.55. The maximum Gasteiger partial charge on any atom is 0.223 e. The molecule has 0 aliphatic carbocycles. The molecule has 0 atom stereocenters. The Balaban J connectivity index is 2.16. The fourth-order valence-corrected chi connectivity index (χ4v) is 2.56. The average molecular weight is 320 g/mol. The van der Waals surface area contributed by atoms with Crippen molar-refractivity contribution < 1.29 is 4.42 Å². The first kappa shape index (κ1) is 12.4. The lowest BCUT2D eigenvalue weighted by Crippen LogP contribution is -2.02. The van der Waals surface area contributed by atoms with Gasteiger partial charge in [0.25, 0.3) is 0 Å². The van der Waals surface area contributed by atoms with E-state index in [2.05, 4.69) is 15.1 Å². The standard InChI is InChI=1S/C13H7Cl2N5O/c14-6-3-4-7-9(10(6)15)12-18-11(8-2-1-5-21-8)19-20(12)13(16)17-7/h1-5H,(H2,16,17). The number of nitrogens with zero attached hydrogens (tertiary/aromatic N) is 4. The molecule has 6 nitrogen and oxygen atoms in total. The Morgan fingerprint density at radius 2 is 2.00 bits per heavy atom. The number of hydrogen-bond donors (Lipinski definition) is 1. The number of rotatable bonds is 1. The Bertz CT molecular complexity index is 977. The van der Waals surface area contributed by atoms with Gasteiger partial charge in [0.05, 0.1) is 27.2 Å². The highest BCUT2D eigenvalue weighted by molar-refractivity contribution is 6.46. The molecule has 0 aliphatic rings. The van der Waals surface area contributed by atoms with Gasteiger partial charge in [-0.05, 0) is 24.3 Å². The zero-order chi connectivity index (χ0) is 14.6. The van der Waals surface area contributed by atoms with E-state index in [0.717, 1.165) is 0 Å². The van der Waals surface area contributed by atoms with Crippen molar-refractivity contribution in [3.05, 3.63) is 40.6 Å². The van der Waals surface area contributed by atoms with Crippen LogP contribution in [-0.2, 0) is 0 Å². The van der Waals surface area contributed by atoms with E-state index >= 15 is 0 Å². The normalized spacial score (nSPS) is 11.5. The van der Waals surface area contributed by atoms with Crippen LogP contribution in [0.15, 0.2) is 34.9 Å². The second kappa shape index (κ2) is 4.34. The number of halogens is 2. The van der Waals surface area contributed by atoms with E-state index in [0.29, 0.717) is 38.2 Å². The molecule has 3 heterocycles. The lowest BCUT2D eigenvalue weighted by atomic mass is 10.2. The fraction of sp³-hybridized carbons (Fsp3) is 0. The van der Waals surface area contributed by atoms with E-state index < -0.39 is 0 Å². The topological polar surface area (TPSA) is 82.2 Å². The van der Waals surface area contributed by atoms with E-state index in [9.17, 15) is 0 Å². The summed E-state index contributed by atoms with van der Waals surface area (Å²) in [4.78, 5) is 8.71. The monoisotopic (exact) mass is 319 g/mol. The first-order valence-electron chi connectivity index (χ1n) is 5.99. The number of benzene rings is 1. The summed E-state index contributed by atoms with van der Waals surface area (Å²) in [6.45, 7) is 0. The molecule has 3 aromatic heterocycles. The quantitative estimate of drug-likeness (QED) is 0.581. The second-order valence-corrected chi connectivity index (χ2v) is 5.16. The summed E-state index contributed by atoms with van der Waals surface area (Å²) < 4.78 is 6.72. The molecule has 0 amide bonds. The van der Waals surface area contributed by atoms with Gasteiger partial charge in [0, 0.05) is 0 Å². The number of furan rings is 1. The van der Waals surface area contributed by atoms with Crippen LogP contribution >= 0.6 is 23.2 Å². The van der Waals surface area contributed by atoms with Crippen molar-refractivity contribution in [2.45, 2.75) is 0 Å². The third-order valence-electron chi connectivity index (χ3n) is 3.10. The summed E-state index contributed by atoms with van der Waals surface area (Å²) in [6, 6.07) is 6.92. The Hall–Kier alpha value is -2.31. The molecule has 21 heavy (non-hydrogen) atoms. The molecule has 4 aromatic rings. The zero-order valence-electron chi connectivity index (χ0n) is 10.4. The van der Waals surface area contributed by atoms with Gasteiger partial charge in [0.2, 0.25) is 11.8 Å². The van der Waals surface area contributed by atoms with Crippen molar-refractivity contribution in [1.29, 1.82) is 0 Å². The van der Waals surface area contributed by atoms with E-state index in [1.54, 1.807) is 30.5 Å². The molecule has 0 saturated heterocycles. The highest BCUT2D eigenvalue weighted by Gasteiger charge is 2.17. The Morgan fingerprint density at radius 1 is 1.14 bits per heavy atom. The Morgan fingerprint density at radius 3 is 2.76 bits per heavy atom. The predicted octanol–water partition coefficient (Wildman–Crippen LogP) is 3.43. The Kier molecular flexibility index (Phi) is 2.57. The molecule has 1 aromatic carbocycles. The third kappa shape index (κ3) is 1.76. The van der Waals surface area contributed by atoms with Crippen LogP contribution < -0.4 is 5.73 Å². The van der Waals surface area contributed by atoms with Gasteiger partial charge in [0.1, 0.15) is 0 Å². The third-order valence-corrected chi connectivity index (χ3v) is 3.90. The number of fused-ring (bicyclic) bond motifs is 3. The molecule has 0 saturated carbocycles. The smallest absolute Gasteiger partial charge is 0.223 e. The highest BCUT2D eigenvalue weighted by Crippen LogP contribution is 2.33. The largest absolute Gasteiger partial charge is 0.461 e. The lowest BCUT2D eigenvalue weighted by molar-refractivity contribution is 0.577. The van der Waals surface area contributed by atoms with E-state index in [1.165, 1.54) is 4.52 Å². The average Bonchev–Trinajstić information content (AvgIpc) is 3.11. The van der Waals surface area contributed by atoms with Gasteiger partial charge < -0.3 is 10.2 Å². The van der Waals surface area contributed by atoms with Crippen molar-refractivity contribution in [1.82, 2.24) is 19.6 Å². The van der Waals surface area contributed by atoms with E-state index in [-0.39, 0.29) is 5.95 Å². The van der Waals surface area contributed by atoms with Crippen LogP contribution in [0.1, 0.15) is 0 Å². The number of anilines is 1. The predicted molar refractivity (Wildman–Crippen MR) is 80.4 cm³/mol. The molecule has 8 heteroatoms. The molecule has 104 valence electrons. The van der Waals surface area contributed by atoms with Crippen LogP contribution in [0.4, 0.5) is 5.95 Å². The molecule has 2 N–H and O–H groups in total. The van der Waals surface area contributed by atoms with Crippen LogP contribution in [0, 0.1) is 0 Å². The summed E-state index contributed by atoms with van der Waals surface area (Å²) in [5.74, 6) is 1.14. The first-order chi connectivity index (χ1) is 10.1. The highest BCUT2D eigenvalue weighted by atomic mass is 35.5. The van der Waals surface area contributed by atoms with Gasteiger partial charge in [0.15, 0.2) is 11.4 Å². The lowest BCUT2D eigenvalue weighted by Gasteiger charge is -2.04. The maximum absolute atomic E-state index is 6.27. The summed E-state index contributed by atoms with van der Waals surface area (Å²) >= 11 is 12.3. The van der Waals surface area contributed by atoms with Gasteiger partial charge in [-0.2, -0.15) is 4.52 Å². The maximum atomic E-state index is 6.27. The van der Waals surface area contributed by atoms with Crippen molar-refractivity contribution in [3.63, 3.8) is 0 Å². The SMILES string of the molecule is Nc1nc2ccc(Cl)c(Cl)c2c2nc(-c3ccco3)nn12. The van der Waals surface area contributed by atoms with Crippen molar-refractivity contribution in [2.24, 2.45) is 0 Å². The second-order valence-electron chi connectivity index (χ2n) is 4.37. The number of nitrogens with two attached hydrogens (primary N) is 1. The Labute approximate surface area is 128 Å². The number of nitrogen functional groups attached to an aromatic ring is 1. The molecule has 0 radical (unpaired) electrons. The first-order valence-corrected chi connectivity index (χ1v) is 6.74. The minimum absolute atomic E-state index is 0.209. The molecular formula is C13H7Cl2N5O. The van der Waals surface area contributed by atoms with Crippen molar-refractivity contribution in [2.75, 3.05) is 5.73 Å². The fourth-order valence-electron chi connectivity index (χ4n) is 2.16. The van der Waals surface area contributed by atoms with Gasteiger partial charge >= 0.3 is 0 Å². The van der Waals surface area contributed by atoms with Crippen molar-refractivity contribution >= 4 is 45.7 Å². The molecule has 0 fully saturated rings. The van der Waals surface area contributed by atoms with Crippen molar-refractivity contribution in [3.8, 4) is 11.6 Å². The van der Waals surface area contributed by atoms with Gasteiger partial charge in [-0.3, -0.25) is 0 Å². The van der Waals surface area contributed by atoms with Crippen LogP contribution in [0.5, 0.6) is 0 Å². The molecule has 0 aliphatic heterocycles. The van der Waals surface area contributed by atoms with Gasteiger partial charge in [-0.15, -0.1) is 5.10 Å². The summed E-state index contributed by atoms with van der Waals surface area (Å²) in [5.41, 5.74) is 7.01. The number of aromatic nitrogens is 4. The minimum Gasteiger partial charge on any atom is -0.461 e. The molecule has 4 rings (SSSR count). The van der Waals surface area contributed by atoms with Gasteiger partial charge in [-0.1, -0.05) is 23.2 Å². The van der Waals surface area contributed by atoms with Gasteiger partial charge in [-0.25, -0.2) is 9.97 Å².